The predicted molar refractivity (Wildman–Crippen MR) is 59.4 cm³/mol. The summed E-state index contributed by atoms with van der Waals surface area (Å²) in [5.74, 6) is 2.31. The van der Waals surface area contributed by atoms with Crippen molar-refractivity contribution in [3.05, 3.63) is 0 Å². The largest absolute Gasteiger partial charge is 0.379 e. The average molecular weight is 214 g/mol. The van der Waals surface area contributed by atoms with Crippen molar-refractivity contribution in [3.63, 3.8) is 0 Å². The highest BCUT2D eigenvalue weighted by Gasteiger charge is 2.08. The van der Waals surface area contributed by atoms with E-state index in [2.05, 4.69) is 11.0 Å². The van der Waals surface area contributed by atoms with Crippen LogP contribution in [0.3, 0.4) is 0 Å². The van der Waals surface area contributed by atoms with Crippen LogP contribution in [0.5, 0.6) is 0 Å². The zero-order valence-corrected chi connectivity index (χ0v) is 9.39. The number of nitriles is 1. The number of thioether (sulfide) groups is 1. The van der Waals surface area contributed by atoms with Gasteiger partial charge >= 0.3 is 0 Å². The molecule has 0 aromatic rings. The minimum atomic E-state index is 0.699. The average Bonchev–Trinajstić information content (AvgIpc) is 2.25. The number of nitrogens with zero attached hydrogens (tertiary/aromatic N) is 2. The lowest BCUT2D eigenvalue weighted by Crippen LogP contribution is -2.37. The number of hydrogen-bond donors (Lipinski definition) is 0. The lowest BCUT2D eigenvalue weighted by atomic mass is 10.4. The van der Waals surface area contributed by atoms with Gasteiger partial charge in [0.2, 0.25) is 0 Å². The number of hydrogen-bond acceptors (Lipinski definition) is 4. The summed E-state index contributed by atoms with van der Waals surface area (Å²) in [6, 6.07) is 2.17. The van der Waals surface area contributed by atoms with Crippen LogP contribution in [-0.2, 0) is 4.74 Å². The van der Waals surface area contributed by atoms with Crippen molar-refractivity contribution >= 4 is 11.8 Å². The monoisotopic (exact) mass is 214 g/mol. The Bertz CT molecular complexity index is 175. The first kappa shape index (κ1) is 11.8. The third-order valence-corrected chi connectivity index (χ3v) is 3.28. The summed E-state index contributed by atoms with van der Waals surface area (Å²) in [5.41, 5.74) is 0. The van der Waals surface area contributed by atoms with Crippen molar-refractivity contribution in [2.45, 2.75) is 12.8 Å². The van der Waals surface area contributed by atoms with Crippen molar-refractivity contribution < 1.29 is 4.74 Å². The summed E-state index contributed by atoms with van der Waals surface area (Å²) >= 11 is 1.95. The van der Waals surface area contributed by atoms with Crippen LogP contribution in [0.4, 0.5) is 0 Å². The molecule has 1 rings (SSSR count). The number of rotatable bonds is 6. The first-order valence-corrected chi connectivity index (χ1v) is 6.34. The smallest absolute Gasteiger partial charge is 0.0622 e. The van der Waals surface area contributed by atoms with Crippen molar-refractivity contribution in [1.82, 2.24) is 4.90 Å². The normalized spacial score (nSPS) is 17.9. The molecule has 0 saturated carbocycles. The van der Waals surface area contributed by atoms with Gasteiger partial charge in [-0.15, -0.1) is 0 Å². The molecule has 14 heavy (non-hydrogen) atoms. The molecule has 0 spiro atoms. The maximum Gasteiger partial charge on any atom is 0.0622 e. The van der Waals surface area contributed by atoms with Gasteiger partial charge in [0.1, 0.15) is 0 Å². The van der Waals surface area contributed by atoms with Crippen molar-refractivity contribution in [2.24, 2.45) is 0 Å². The molecule has 0 radical (unpaired) electrons. The summed E-state index contributed by atoms with van der Waals surface area (Å²) in [4.78, 5) is 2.45. The third-order valence-electron chi connectivity index (χ3n) is 2.23. The number of unbranched alkanes of at least 4 members (excludes halogenated alkanes) is 1. The van der Waals surface area contributed by atoms with E-state index in [1.165, 1.54) is 12.3 Å². The second-order valence-electron chi connectivity index (χ2n) is 3.33. The first-order valence-electron chi connectivity index (χ1n) is 5.18. The minimum Gasteiger partial charge on any atom is -0.379 e. The zero-order valence-electron chi connectivity index (χ0n) is 8.57. The van der Waals surface area contributed by atoms with E-state index in [9.17, 15) is 0 Å². The van der Waals surface area contributed by atoms with E-state index in [-0.39, 0.29) is 0 Å². The Labute approximate surface area is 90.4 Å². The van der Waals surface area contributed by atoms with E-state index in [4.69, 9.17) is 10.00 Å². The molecule has 0 bridgehead atoms. The van der Waals surface area contributed by atoms with Crippen LogP contribution < -0.4 is 0 Å². The Kier molecular flexibility index (Phi) is 6.85. The van der Waals surface area contributed by atoms with Gasteiger partial charge in [0.05, 0.1) is 19.3 Å². The van der Waals surface area contributed by atoms with E-state index in [0.717, 1.165) is 38.5 Å². The molecule has 0 amide bonds. The van der Waals surface area contributed by atoms with Gasteiger partial charge in [0.15, 0.2) is 0 Å². The molecule has 1 saturated heterocycles. The third kappa shape index (κ3) is 5.48. The molecular formula is C10H18N2OS. The van der Waals surface area contributed by atoms with Crippen LogP contribution in [0, 0.1) is 11.3 Å². The summed E-state index contributed by atoms with van der Waals surface area (Å²) in [7, 11) is 0. The minimum absolute atomic E-state index is 0.699. The fraction of sp³-hybridized carbons (Fsp3) is 0.900. The summed E-state index contributed by atoms with van der Waals surface area (Å²) in [6.07, 6.45) is 1.73. The summed E-state index contributed by atoms with van der Waals surface area (Å²) in [6.45, 7) is 5.11. The van der Waals surface area contributed by atoms with Crippen molar-refractivity contribution in [2.75, 3.05) is 44.4 Å². The van der Waals surface area contributed by atoms with E-state index in [0.29, 0.717) is 6.42 Å². The van der Waals surface area contributed by atoms with E-state index >= 15 is 0 Å². The van der Waals surface area contributed by atoms with Gasteiger partial charge in [-0.05, 0) is 12.2 Å². The topological polar surface area (TPSA) is 36.3 Å². The number of morpholine rings is 1. The highest BCUT2D eigenvalue weighted by atomic mass is 32.2. The van der Waals surface area contributed by atoms with E-state index in [1.807, 2.05) is 11.8 Å². The fourth-order valence-corrected chi connectivity index (χ4v) is 2.31. The highest BCUT2D eigenvalue weighted by molar-refractivity contribution is 7.99. The summed E-state index contributed by atoms with van der Waals surface area (Å²) < 4.78 is 5.27. The second kappa shape index (κ2) is 8.10. The van der Waals surface area contributed by atoms with E-state index < -0.39 is 0 Å². The van der Waals surface area contributed by atoms with Crippen LogP contribution in [0.1, 0.15) is 12.8 Å². The van der Waals surface area contributed by atoms with E-state index in [1.54, 1.807) is 0 Å². The molecule has 0 aromatic heterocycles. The summed E-state index contributed by atoms with van der Waals surface area (Å²) in [5, 5.41) is 8.35. The standard InChI is InChI=1S/C10H18N2OS/c11-3-1-2-9-14-10-6-12-4-7-13-8-5-12/h1-2,4-10H2. The van der Waals surface area contributed by atoms with Crippen molar-refractivity contribution in [3.8, 4) is 6.07 Å². The van der Waals surface area contributed by atoms with Crippen LogP contribution in [0.15, 0.2) is 0 Å². The Hall–Kier alpha value is -0.240. The zero-order chi connectivity index (χ0) is 10.1. The molecule has 80 valence electrons. The van der Waals surface area contributed by atoms with Gasteiger partial charge in [0, 0.05) is 31.8 Å². The molecule has 1 aliphatic rings. The Morgan fingerprint density at radius 3 is 2.79 bits per heavy atom. The van der Waals surface area contributed by atoms with Gasteiger partial charge in [-0.3, -0.25) is 4.90 Å². The van der Waals surface area contributed by atoms with Crippen LogP contribution in [0.25, 0.3) is 0 Å². The second-order valence-corrected chi connectivity index (χ2v) is 4.55. The highest BCUT2D eigenvalue weighted by Crippen LogP contribution is 2.06. The fourth-order valence-electron chi connectivity index (χ4n) is 1.37. The molecule has 1 heterocycles. The van der Waals surface area contributed by atoms with Crippen LogP contribution >= 0.6 is 11.8 Å². The molecule has 3 nitrogen and oxygen atoms in total. The quantitative estimate of drug-likeness (QED) is 0.625. The van der Waals surface area contributed by atoms with Crippen LogP contribution in [0.2, 0.25) is 0 Å². The van der Waals surface area contributed by atoms with Gasteiger partial charge in [-0.25, -0.2) is 0 Å². The first-order chi connectivity index (χ1) is 6.93. The van der Waals surface area contributed by atoms with Gasteiger partial charge < -0.3 is 4.74 Å². The van der Waals surface area contributed by atoms with Gasteiger partial charge in [-0.1, -0.05) is 0 Å². The molecule has 1 aliphatic heterocycles. The lowest BCUT2D eigenvalue weighted by Gasteiger charge is -2.26. The molecule has 4 heteroatoms. The van der Waals surface area contributed by atoms with Crippen molar-refractivity contribution in [1.29, 1.82) is 5.26 Å². The Morgan fingerprint density at radius 2 is 2.07 bits per heavy atom. The van der Waals surface area contributed by atoms with Gasteiger partial charge in [-0.2, -0.15) is 17.0 Å². The lowest BCUT2D eigenvalue weighted by molar-refractivity contribution is 0.0410. The van der Waals surface area contributed by atoms with Gasteiger partial charge in [0.25, 0.3) is 0 Å². The molecule has 0 unspecified atom stereocenters. The predicted octanol–water partition coefficient (Wildman–Crippen LogP) is 1.36. The molecule has 0 atom stereocenters. The Morgan fingerprint density at radius 1 is 1.29 bits per heavy atom. The SMILES string of the molecule is N#CCCCSCCN1CCOCC1. The van der Waals surface area contributed by atoms with Crippen LogP contribution in [-0.4, -0.2) is 49.3 Å². The maximum absolute atomic E-state index is 8.35. The number of ether oxygens (including phenoxy) is 1. The molecule has 0 N–H and O–H groups in total. The molecular weight excluding hydrogens is 196 g/mol. The Balaban J connectivity index is 1.85. The molecule has 1 fully saturated rings. The maximum atomic E-state index is 8.35. The molecule has 0 aliphatic carbocycles. The molecule has 0 aromatic carbocycles.